The van der Waals surface area contributed by atoms with E-state index in [4.69, 9.17) is 11.5 Å². The van der Waals surface area contributed by atoms with Gasteiger partial charge in [-0.25, -0.2) is 4.98 Å². The Morgan fingerprint density at radius 2 is 1.86 bits per heavy atom. The predicted octanol–water partition coefficient (Wildman–Crippen LogP) is -0.396. The van der Waals surface area contributed by atoms with Crippen LogP contribution in [0.5, 0.6) is 0 Å². The maximum Gasteiger partial charge on any atom is 0.237 e. The van der Waals surface area contributed by atoms with E-state index in [1.165, 1.54) is 4.90 Å². The van der Waals surface area contributed by atoms with Gasteiger partial charge in [0.1, 0.15) is 5.82 Å². The number of anilines is 1. The van der Waals surface area contributed by atoms with E-state index in [0.717, 1.165) is 18.7 Å². The molecule has 0 fully saturated rings. The Bertz CT molecular complexity index is 457. The van der Waals surface area contributed by atoms with E-state index >= 15 is 0 Å². The molecule has 2 amide bonds. The molecule has 1 aromatic rings. The van der Waals surface area contributed by atoms with Gasteiger partial charge in [0.05, 0.1) is 13.1 Å². The second-order valence-electron chi connectivity index (χ2n) is 5.34. The molecule has 0 saturated carbocycles. The summed E-state index contributed by atoms with van der Waals surface area (Å²) in [6.45, 7) is 5.73. The van der Waals surface area contributed by atoms with Gasteiger partial charge in [-0.1, -0.05) is 19.9 Å². The molecule has 0 spiro atoms. The zero-order valence-corrected chi connectivity index (χ0v) is 12.5. The number of nitrogens with two attached hydrogens (primary N) is 2. The van der Waals surface area contributed by atoms with E-state index in [0.29, 0.717) is 11.7 Å². The average Bonchev–Trinajstić information content (AvgIpc) is 2.37. The third-order valence-corrected chi connectivity index (χ3v) is 2.71. The van der Waals surface area contributed by atoms with E-state index in [1.54, 1.807) is 12.3 Å². The van der Waals surface area contributed by atoms with Crippen LogP contribution < -0.4 is 21.7 Å². The van der Waals surface area contributed by atoms with Crippen LogP contribution in [0.15, 0.2) is 18.3 Å². The fraction of sp³-hybridized carbons (Fsp3) is 0.500. The summed E-state index contributed by atoms with van der Waals surface area (Å²) in [4.78, 5) is 27.8. The number of primary amides is 2. The highest BCUT2D eigenvalue weighted by Crippen LogP contribution is 2.11. The molecule has 0 aromatic carbocycles. The Hall–Kier alpha value is -2.15. The van der Waals surface area contributed by atoms with Gasteiger partial charge in [0.2, 0.25) is 11.8 Å². The maximum atomic E-state index is 11.0. The Morgan fingerprint density at radius 3 is 2.29 bits per heavy atom. The molecule has 1 heterocycles. The number of hydrogen-bond donors (Lipinski definition) is 3. The van der Waals surface area contributed by atoms with Gasteiger partial charge in [0.15, 0.2) is 0 Å². The normalized spacial score (nSPS) is 10.6. The van der Waals surface area contributed by atoms with Crippen molar-refractivity contribution in [2.24, 2.45) is 17.4 Å². The minimum atomic E-state index is -0.541. The first kappa shape index (κ1) is 16.9. The summed E-state index contributed by atoms with van der Waals surface area (Å²) < 4.78 is 0. The van der Waals surface area contributed by atoms with Gasteiger partial charge in [-0.3, -0.25) is 9.59 Å². The SMILES string of the molecule is CC(C)CNCc1ccc(N(CC(N)=O)CC(N)=O)nc1. The Labute approximate surface area is 124 Å². The molecule has 0 aliphatic heterocycles. The lowest BCUT2D eigenvalue weighted by Crippen LogP contribution is -2.40. The lowest BCUT2D eigenvalue weighted by molar-refractivity contribution is -0.117. The molecule has 116 valence electrons. The highest BCUT2D eigenvalue weighted by molar-refractivity contribution is 5.84. The molecule has 0 unspecified atom stereocenters. The number of hydrogen-bond acceptors (Lipinski definition) is 5. The van der Waals surface area contributed by atoms with Crippen LogP contribution in [0.2, 0.25) is 0 Å². The molecule has 7 heteroatoms. The average molecular weight is 293 g/mol. The number of nitrogens with zero attached hydrogens (tertiary/aromatic N) is 2. The minimum absolute atomic E-state index is 0.0963. The molecule has 0 saturated heterocycles. The van der Waals surface area contributed by atoms with E-state index in [9.17, 15) is 9.59 Å². The van der Waals surface area contributed by atoms with Crippen molar-refractivity contribution < 1.29 is 9.59 Å². The van der Waals surface area contributed by atoms with E-state index in [-0.39, 0.29) is 13.1 Å². The number of aromatic nitrogens is 1. The molecular weight excluding hydrogens is 270 g/mol. The van der Waals surface area contributed by atoms with Gasteiger partial charge >= 0.3 is 0 Å². The van der Waals surface area contributed by atoms with Crippen molar-refractivity contribution in [3.8, 4) is 0 Å². The standard InChI is InChI=1S/C14H23N5O2/c1-10(2)5-17-6-11-3-4-14(18-7-11)19(8-12(15)20)9-13(16)21/h3-4,7,10,17H,5-6,8-9H2,1-2H3,(H2,15,20)(H2,16,21). The van der Waals surface area contributed by atoms with E-state index in [2.05, 4.69) is 24.1 Å². The third kappa shape index (κ3) is 6.71. The van der Waals surface area contributed by atoms with E-state index in [1.807, 2.05) is 6.07 Å². The number of carbonyl (C=O) groups is 2. The third-order valence-electron chi connectivity index (χ3n) is 2.71. The van der Waals surface area contributed by atoms with Gasteiger partial charge in [-0.05, 0) is 24.1 Å². The van der Waals surface area contributed by atoms with Crippen molar-refractivity contribution in [3.05, 3.63) is 23.9 Å². The maximum absolute atomic E-state index is 11.0. The van der Waals surface area contributed by atoms with E-state index < -0.39 is 11.8 Å². The zero-order chi connectivity index (χ0) is 15.8. The minimum Gasteiger partial charge on any atom is -0.368 e. The summed E-state index contributed by atoms with van der Waals surface area (Å²) in [7, 11) is 0. The molecule has 1 rings (SSSR count). The molecule has 0 aliphatic carbocycles. The fourth-order valence-electron chi connectivity index (χ4n) is 1.81. The number of nitrogens with one attached hydrogen (secondary N) is 1. The summed E-state index contributed by atoms with van der Waals surface area (Å²) in [5.41, 5.74) is 11.3. The molecule has 5 N–H and O–H groups in total. The van der Waals surface area contributed by atoms with Crippen LogP contribution in [0, 0.1) is 5.92 Å². The van der Waals surface area contributed by atoms with Gasteiger partial charge in [-0.15, -0.1) is 0 Å². The molecule has 0 bridgehead atoms. The summed E-state index contributed by atoms with van der Waals surface area (Å²) in [6, 6.07) is 3.64. The topological polar surface area (TPSA) is 114 Å². The second-order valence-corrected chi connectivity index (χ2v) is 5.34. The molecule has 0 aliphatic rings. The van der Waals surface area contributed by atoms with Gasteiger partial charge in [-0.2, -0.15) is 0 Å². The van der Waals surface area contributed by atoms with Gasteiger partial charge in [0, 0.05) is 12.7 Å². The van der Waals surface area contributed by atoms with Crippen molar-refractivity contribution in [1.29, 1.82) is 0 Å². The molecular formula is C14H23N5O2. The molecule has 0 atom stereocenters. The second kappa shape index (κ2) is 8.21. The molecule has 7 nitrogen and oxygen atoms in total. The molecule has 1 aromatic heterocycles. The van der Waals surface area contributed by atoms with Crippen LogP contribution in [0.25, 0.3) is 0 Å². The summed E-state index contributed by atoms with van der Waals surface area (Å²) in [5.74, 6) is 0.000481. The van der Waals surface area contributed by atoms with Crippen molar-refractivity contribution in [2.75, 3.05) is 24.5 Å². The predicted molar refractivity (Wildman–Crippen MR) is 81.4 cm³/mol. The lowest BCUT2D eigenvalue weighted by Gasteiger charge is -2.20. The Kier molecular flexibility index (Phi) is 6.61. The van der Waals surface area contributed by atoms with Crippen LogP contribution in [-0.4, -0.2) is 36.4 Å². The van der Waals surface area contributed by atoms with Crippen molar-refractivity contribution in [1.82, 2.24) is 10.3 Å². The van der Waals surface area contributed by atoms with Crippen LogP contribution in [0.4, 0.5) is 5.82 Å². The number of carbonyl (C=O) groups excluding carboxylic acids is 2. The highest BCUT2D eigenvalue weighted by Gasteiger charge is 2.13. The quantitative estimate of drug-likeness (QED) is 0.573. The number of rotatable bonds is 9. The monoisotopic (exact) mass is 293 g/mol. The number of amides is 2. The van der Waals surface area contributed by atoms with Crippen molar-refractivity contribution in [3.63, 3.8) is 0 Å². The van der Waals surface area contributed by atoms with Crippen LogP contribution in [0.3, 0.4) is 0 Å². The smallest absolute Gasteiger partial charge is 0.237 e. The summed E-state index contributed by atoms with van der Waals surface area (Å²) in [6.07, 6.45) is 1.71. The van der Waals surface area contributed by atoms with Crippen molar-refractivity contribution >= 4 is 17.6 Å². The zero-order valence-electron chi connectivity index (χ0n) is 12.5. The van der Waals surface area contributed by atoms with Crippen LogP contribution >= 0.6 is 0 Å². The largest absolute Gasteiger partial charge is 0.368 e. The fourth-order valence-corrected chi connectivity index (χ4v) is 1.81. The Morgan fingerprint density at radius 1 is 1.24 bits per heavy atom. The number of pyridine rings is 1. The van der Waals surface area contributed by atoms with Gasteiger partial charge < -0.3 is 21.7 Å². The van der Waals surface area contributed by atoms with Gasteiger partial charge in [0.25, 0.3) is 0 Å². The Balaban J connectivity index is 2.68. The molecule has 0 radical (unpaired) electrons. The lowest BCUT2D eigenvalue weighted by atomic mass is 10.2. The van der Waals surface area contributed by atoms with Crippen molar-refractivity contribution in [2.45, 2.75) is 20.4 Å². The molecule has 21 heavy (non-hydrogen) atoms. The first-order valence-electron chi connectivity index (χ1n) is 6.85. The van der Waals surface area contributed by atoms with Crippen LogP contribution in [0.1, 0.15) is 19.4 Å². The first-order valence-corrected chi connectivity index (χ1v) is 6.85. The summed E-state index contributed by atoms with van der Waals surface area (Å²) in [5, 5.41) is 3.31. The van der Waals surface area contributed by atoms with Crippen LogP contribution in [-0.2, 0) is 16.1 Å². The highest BCUT2D eigenvalue weighted by atomic mass is 16.2. The summed E-state index contributed by atoms with van der Waals surface area (Å²) >= 11 is 0. The first-order chi connectivity index (χ1) is 9.88.